The predicted molar refractivity (Wildman–Crippen MR) is 174 cm³/mol. The van der Waals surface area contributed by atoms with Gasteiger partial charge in [0, 0.05) is 55.2 Å². The normalized spacial score (nSPS) is 11.1. The lowest BCUT2D eigenvalue weighted by Gasteiger charge is -2.05. The zero-order valence-electron chi connectivity index (χ0n) is 24.7. The maximum atomic E-state index is 5.92. The van der Waals surface area contributed by atoms with Gasteiger partial charge in [0.2, 0.25) is 0 Å². The fraction of sp³-hybridized carbons (Fsp3) is 0.300. The molecule has 0 aliphatic heterocycles. The van der Waals surface area contributed by atoms with Crippen LogP contribution in [-0.4, -0.2) is 34.5 Å². The fourth-order valence-electron chi connectivity index (χ4n) is 4.85. The molecule has 0 bridgehead atoms. The largest absolute Gasteiger partial charge is 0.381 e. The quantitative estimate of drug-likeness (QED) is 0.225. The zero-order chi connectivity index (χ0) is 29.4. The Morgan fingerprint density at radius 1 is 0.805 bits per heavy atom. The molecule has 11 heteroatoms. The van der Waals surface area contributed by atoms with Gasteiger partial charge in [-0.25, -0.2) is 9.97 Å². The third-order valence-electron chi connectivity index (χ3n) is 7.09. The van der Waals surface area contributed by atoms with Crippen LogP contribution in [0, 0.1) is 27.7 Å². The van der Waals surface area contributed by atoms with Gasteiger partial charge in [0.25, 0.3) is 0 Å². The number of hydrogen-bond acceptors (Lipinski definition) is 9. The van der Waals surface area contributed by atoms with Gasteiger partial charge in [-0.1, -0.05) is 13.8 Å². The van der Waals surface area contributed by atoms with Gasteiger partial charge in [-0.3, -0.25) is 14.3 Å². The SMILES string of the molecule is CC.Cc1ccc2c(n1)sc1c(NCc3ccncc3)nn(C)c12.Cc1nc2sc3c(N)nn(C)c3c2c(C)c1C. The van der Waals surface area contributed by atoms with Crippen LogP contribution in [0.2, 0.25) is 0 Å². The Kier molecular flexibility index (Phi) is 7.92. The van der Waals surface area contributed by atoms with Crippen molar-refractivity contribution in [3.05, 3.63) is 64.7 Å². The van der Waals surface area contributed by atoms with E-state index < -0.39 is 0 Å². The van der Waals surface area contributed by atoms with Crippen molar-refractivity contribution in [2.75, 3.05) is 11.1 Å². The van der Waals surface area contributed by atoms with Crippen molar-refractivity contribution in [2.45, 2.75) is 48.1 Å². The van der Waals surface area contributed by atoms with E-state index in [1.165, 1.54) is 22.1 Å². The Balaban J connectivity index is 0.000000160. The summed E-state index contributed by atoms with van der Waals surface area (Å²) < 4.78 is 5.99. The summed E-state index contributed by atoms with van der Waals surface area (Å²) in [5.41, 5.74) is 14.0. The van der Waals surface area contributed by atoms with E-state index in [0.717, 1.165) is 59.2 Å². The van der Waals surface area contributed by atoms with Crippen LogP contribution in [0.15, 0.2) is 36.7 Å². The molecule has 0 aliphatic carbocycles. The van der Waals surface area contributed by atoms with E-state index in [2.05, 4.69) is 50.4 Å². The van der Waals surface area contributed by atoms with Gasteiger partial charge in [0.05, 0.1) is 20.4 Å². The van der Waals surface area contributed by atoms with Crippen LogP contribution < -0.4 is 11.1 Å². The lowest BCUT2D eigenvalue weighted by atomic mass is 10.1. The van der Waals surface area contributed by atoms with Crippen molar-refractivity contribution in [3.8, 4) is 0 Å². The van der Waals surface area contributed by atoms with Crippen molar-refractivity contribution >= 4 is 75.2 Å². The van der Waals surface area contributed by atoms with Crippen molar-refractivity contribution in [1.29, 1.82) is 0 Å². The van der Waals surface area contributed by atoms with E-state index >= 15 is 0 Å². The van der Waals surface area contributed by atoms with Crippen LogP contribution in [0.25, 0.3) is 40.9 Å². The molecule has 7 rings (SSSR count). The minimum Gasteiger partial charge on any atom is -0.381 e. The number of nitrogens with zero attached hydrogens (tertiary/aromatic N) is 7. The van der Waals surface area contributed by atoms with Gasteiger partial charge >= 0.3 is 0 Å². The number of nitrogens with one attached hydrogen (secondary N) is 1. The number of nitrogens with two attached hydrogens (primary N) is 1. The molecule has 7 aromatic heterocycles. The molecule has 0 saturated carbocycles. The van der Waals surface area contributed by atoms with Crippen LogP contribution in [0.1, 0.15) is 41.9 Å². The Morgan fingerprint density at radius 2 is 1.49 bits per heavy atom. The highest BCUT2D eigenvalue weighted by Crippen LogP contribution is 2.39. The van der Waals surface area contributed by atoms with Gasteiger partial charge in [0.15, 0.2) is 11.6 Å². The third kappa shape index (κ3) is 5.11. The van der Waals surface area contributed by atoms with E-state index in [-0.39, 0.29) is 0 Å². The van der Waals surface area contributed by atoms with Crippen molar-refractivity contribution in [1.82, 2.24) is 34.5 Å². The third-order valence-corrected chi connectivity index (χ3v) is 9.29. The predicted octanol–water partition coefficient (Wildman–Crippen LogP) is 7.22. The molecular formula is C30H35N9S2. The number of aromatic nitrogens is 7. The average Bonchev–Trinajstić information content (AvgIpc) is 3.69. The molecule has 0 fully saturated rings. The van der Waals surface area contributed by atoms with Crippen LogP contribution in [0.3, 0.4) is 0 Å². The molecule has 9 nitrogen and oxygen atoms in total. The molecule has 0 aromatic carbocycles. The second-order valence-electron chi connectivity index (χ2n) is 9.68. The Morgan fingerprint density at radius 3 is 2.22 bits per heavy atom. The maximum Gasteiger partial charge on any atom is 0.166 e. The number of pyridine rings is 3. The topological polar surface area (TPSA) is 112 Å². The van der Waals surface area contributed by atoms with Gasteiger partial charge in [0.1, 0.15) is 9.66 Å². The van der Waals surface area contributed by atoms with Gasteiger partial charge < -0.3 is 11.1 Å². The first-order valence-electron chi connectivity index (χ1n) is 13.6. The Bertz CT molecular complexity index is 2000. The molecule has 0 radical (unpaired) electrons. The molecule has 212 valence electrons. The highest BCUT2D eigenvalue weighted by atomic mass is 32.1. The van der Waals surface area contributed by atoms with E-state index in [9.17, 15) is 0 Å². The van der Waals surface area contributed by atoms with Gasteiger partial charge in [-0.15, -0.1) is 22.7 Å². The first kappa shape index (κ1) is 28.4. The highest BCUT2D eigenvalue weighted by molar-refractivity contribution is 7.26. The summed E-state index contributed by atoms with van der Waals surface area (Å²) in [6.45, 7) is 13.1. The molecule has 41 heavy (non-hydrogen) atoms. The van der Waals surface area contributed by atoms with Crippen molar-refractivity contribution < 1.29 is 0 Å². The number of rotatable bonds is 3. The summed E-state index contributed by atoms with van der Waals surface area (Å²) in [7, 11) is 3.91. The number of thiophene rings is 2. The number of aryl methyl sites for hydroxylation is 5. The lowest BCUT2D eigenvalue weighted by Crippen LogP contribution is -2.01. The highest BCUT2D eigenvalue weighted by Gasteiger charge is 2.18. The number of hydrogen-bond donors (Lipinski definition) is 2. The standard InChI is InChI=1S/C16H15N5S.C12H14N4S.C2H6/c1-10-3-4-12-13-14(22-16(12)19-10)15(20-21(13)2)18-9-11-5-7-17-8-6-11;1-5-6(2)8-9-10(11(13)15-16(9)4)17-12(8)14-7(5)3;1-2/h3-8H,9H2,1-2H3,(H,18,20);1-4H3,(H2,13,15);1-2H3. The van der Waals surface area contributed by atoms with E-state index in [1.807, 2.05) is 69.4 Å². The molecule has 7 heterocycles. The van der Waals surface area contributed by atoms with Gasteiger partial charge in [-0.2, -0.15) is 10.2 Å². The molecule has 0 atom stereocenters. The average molecular weight is 586 g/mol. The summed E-state index contributed by atoms with van der Waals surface area (Å²) in [6.07, 6.45) is 3.61. The van der Waals surface area contributed by atoms with Crippen LogP contribution in [-0.2, 0) is 20.6 Å². The molecule has 0 saturated heterocycles. The van der Waals surface area contributed by atoms with Crippen LogP contribution in [0.5, 0.6) is 0 Å². The van der Waals surface area contributed by atoms with E-state index in [0.29, 0.717) is 5.82 Å². The first-order chi connectivity index (χ1) is 19.7. The molecule has 0 spiro atoms. The van der Waals surface area contributed by atoms with Crippen molar-refractivity contribution in [3.63, 3.8) is 0 Å². The Labute approximate surface area is 247 Å². The zero-order valence-corrected chi connectivity index (χ0v) is 26.3. The van der Waals surface area contributed by atoms with E-state index in [1.54, 1.807) is 35.1 Å². The van der Waals surface area contributed by atoms with Crippen LogP contribution >= 0.6 is 22.7 Å². The monoisotopic (exact) mass is 585 g/mol. The number of fused-ring (bicyclic) bond motifs is 6. The minimum absolute atomic E-state index is 0.597. The van der Waals surface area contributed by atoms with Crippen LogP contribution in [0.4, 0.5) is 11.6 Å². The summed E-state index contributed by atoms with van der Waals surface area (Å²) in [5, 5.41) is 14.7. The maximum absolute atomic E-state index is 5.92. The second kappa shape index (κ2) is 11.4. The first-order valence-corrected chi connectivity index (χ1v) is 15.2. The molecule has 0 unspecified atom stereocenters. The molecule has 7 aromatic rings. The van der Waals surface area contributed by atoms with Gasteiger partial charge in [-0.05, 0) is 68.7 Å². The summed E-state index contributed by atoms with van der Waals surface area (Å²) in [6, 6.07) is 8.18. The molecule has 0 amide bonds. The lowest BCUT2D eigenvalue weighted by molar-refractivity contribution is 0.799. The summed E-state index contributed by atoms with van der Waals surface area (Å²) in [4.78, 5) is 15.4. The molecule has 0 aliphatic rings. The smallest absolute Gasteiger partial charge is 0.166 e. The fourth-order valence-corrected chi connectivity index (χ4v) is 7.26. The summed E-state index contributed by atoms with van der Waals surface area (Å²) >= 11 is 3.32. The second-order valence-corrected chi connectivity index (χ2v) is 11.7. The molecular weight excluding hydrogens is 551 g/mol. The van der Waals surface area contributed by atoms with Crippen molar-refractivity contribution in [2.24, 2.45) is 14.1 Å². The number of nitrogen functional groups attached to an aromatic ring is 1. The Hall–Kier alpha value is -4.09. The van der Waals surface area contributed by atoms with E-state index in [4.69, 9.17) is 5.73 Å². The number of anilines is 2. The minimum atomic E-state index is 0.597. The molecule has 3 N–H and O–H groups in total. The summed E-state index contributed by atoms with van der Waals surface area (Å²) in [5.74, 6) is 1.51.